The van der Waals surface area contributed by atoms with Gasteiger partial charge in [0.1, 0.15) is 17.2 Å². The van der Waals surface area contributed by atoms with Crippen LogP contribution < -0.4 is 5.73 Å². The van der Waals surface area contributed by atoms with Gasteiger partial charge in [-0.1, -0.05) is 0 Å². The van der Waals surface area contributed by atoms with Crippen molar-refractivity contribution in [1.29, 1.82) is 0 Å². The van der Waals surface area contributed by atoms with Crippen LogP contribution in [-0.2, 0) is 15.9 Å². The summed E-state index contributed by atoms with van der Waals surface area (Å²) in [4.78, 5) is 19.7. The summed E-state index contributed by atoms with van der Waals surface area (Å²) in [7, 11) is 2.94. The third-order valence-corrected chi connectivity index (χ3v) is 2.30. The van der Waals surface area contributed by atoms with Gasteiger partial charge in [-0.05, 0) is 13.3 Å². The van der Waals surface area contributed by atoms with Crippen molar-refractivity contribution in [2.45, 2.75) is 19.8 Å². The first-order valence-electron chi connectivity index (χ1n) is 5.30. The van der Waals surface area contributed by atoms with Gasteiger partial charge in [0.25, 0.3) is 0 Å². The van der Waals surface area contributed by atoms with Gasteiger partial charge in [0.05, 0.1) is 12.8 Å². The fourth-order valence-electron chi connectivity index (χ4n) is 1.50. The van der Waals surface area contributed by atoms with Gasteiger partial charge in [-0.3, -0.25) is 0 Å². The quantitative estimate of drug-likeness (QED) is 0.602. The molecular formula is C11H17N3O3. The molecule has 1 aromatic heterocycles. The Morgan fingerprint density at radius 3 is 2.59 bits per heavy atom. The van der Waals surface area contributed by atoms with Crippen molar-refractivity contribution in [2.75, 3.05) is 26.6 Å². The second kappa shape index (κ2) is 6.15. The Bertz CT molecular complexity index is 384. The maximum absolute atomic E-state index is 11.4. The van der Waals surface area contributed by atoms with E-state index < -0.39 is 5.97 Å². The summed E-state index contributed by atoms with van der Waals surface area (Å²) < 4.78 is 9.56. The molecule has 0 fully saturated rings. The molecule has 94 valence electrons. The highest BCUT2D eigenvalue weighted by molar-refractivity contribution is 5.95. The minimum absolute atomic E-state index is 0.164. The molecule has 0 bridgehead atoms. The van der Waals surface area contributed by atoms with E-state index in [9.17, 15) is 4.79 Å². The van der Waals surface area contributed by atoms with E-state index >= 15 is 0 Å². The third kappa shape index (κ3) is 3.39. The van der Waals surface area contributed by atoms with Gasteiger partial charge >= 0.3 is 5.97 Å². The maximum Gasteiger partial charge on any atom is 0.343 e. The fourth-order valence-corrected chi connectivity index (χ4v) is 1.50. The molecule has 1 aromatic rings. The lowest BCUT2D eigenvalue weighted by molar-refractivity contribution is 0.0600. The standard InChI is InChI=1S/C11H17N3O3/c1-7-9(11(15)17-3)10(12)14-8(13-7)5-4-6-16-2/h4-6H2,1-3H3,(H2,12,13,14). The zero-order valence-electron chi connectivity index (χ0n) is 10.3. The lowest BCUT2D eigenvalue weighted by Crippen LogP contribution is -2.13. The Morgan fingerprint density at radius 1 is 1.35 bits per heavy atom. The molecule has 0 aromatic carbocycles. The first kappa shape index (κ1) is 13.4. The third-order valence-electron chi connectivity index (χ3n) is 2.30. The number of carbonyl (C=O) groups excluding carboxylic acids is 1. The molecule has 0 saturated carbocycles. The molecule has 6 heteroatoms. The summed E-state index contributed by atoms with van der Waals surface area (Å²) in [5.74, 6) is 0.268. The van der Waals surface area contributed by atoms with E-state index in [-0.39, 0.29) is 11.4 Å². The van der Waals surface area contributed by atoms with Crippen LogP contribution in [0.15, 0.2) is 0 Å². The number of anilines is 1. The number of carbonyl (C=O) groups is 1. The zero-order chi connectivity index (χ0) is 12.8. The predicted octanol–water partition coefficient (Wildman–Crippen LogP) is 0.733. The van der Waals surface area contributed by atoms with E-state index in [0.29, 0.717) is 24.5 Å². The van der Waals surface area contributed by atoms with Gasteiger partial charge in [-0.2, -0.15) is 0 Å². The van der Waals surface area contributed by atoms with Crippen LogP contribution in [-0.4, -0.2) is 36.8 Å². The topological polar surface area (TPSA) is 87.3 Å². The summed E-state index contributed by atoms with van der Waals surface area (Å²) in [6.45, 7) is 2.35. The second-order valence-electron chi connectivity index (χ2n) is 3.57. The molecule has 0 atom stereocenters. The molecule has 1 rings (SSSR count). The molecular weight excluding hydrogens is 222 g/mol. The monoisotopic (exact) mass is 239 g/mol. The van der Waals surface area contributed by atoms with Crippen LogP contribution in [0.3, 0.4) is 0 Å². The first-order chi connectivity index (χ1) is 8.10. The molecule has 0 radical (unpaired) electrons. The van der Waals surface area contributed by atoms with E-state index in [1.54, 1.807) is 14.0 Å². The normalized spacial score (nSPS) is 10.3. The molecule has 2 N–H and O–H groups in total. The molecule has 0 aliphatic rings. The van der Waals surface area contributed by atoms with Crippen LogP contribution in [0.2, 0.25) is 0 Å². The van der Waals surface area contributed by atoms with Crippen LogP contribution >= 0.6 is 0 Å². The predicted molar refractivity (Wildman–Crippen MR) is 62.7 cm³/mol. The molecule has 0 amide bonds. The number of hydrogen-bond acceptors (Lipinski definition) is 6. The average Bonchev–Trinajstić information content (AvgIpc) is 2.28. The van der Waals surface area contributed by atoms with Crippen molar-refractivity contribution in [3.8, 4) is 0 Å². The molecule has 17 heavy (non-hydrogen) atoms. The second-order valence-corrected chi connectivity index (χ2v) is 3.57. The number of rotatable bonds is 5. The van der Waals surface area contributed by atoms with Crippen molar-refractivity contribution < 1.29 is 14.3 Å². The Balaban J connectivity index is 2.89. The van der Waals surface area contributed by atoms with Crippen molar-refractivity contribution in [2.24, 2.45) is 0 Å². The van der Waals surface area contributed by atoms with Gasteiger partial charge in [0.15, 0.2) is 0 Å². The summed E-state index contributed by atoms with van der Waals surface area (Å²) in [5.41, 5.74) is 6.50. The van der Waals surface area contributed by atoms with E-state index in [1.807, 2.05) is 0 Å². The van der Waals surface area contributed by atoms with E-state index in [0.717, 1.165) is 6.42 Å². The van der Waals surface area contributed by atoms with Crippen LogP contribution in [0.1, 0.15) is 28.3 Å². The molecule has 6 nitrogen and oxygen atoms in total. The number of nitrogens with zero attached hydrogens (tertiary/aromatic N) is 2. The van der Waals surface area contributed by atoms with Crippen LogP contribution in [0, 0.1) is 6.92 Å². The van der Waals surface area contributed by atoms with E-state index in [2.05, 4.69) is 14.7 Å². The van der Waals surface area contributed by atoms with Crippen LogP contribution in [0.5, 0.6) is 0 Å². The maximum atomic E-state index is 11.4. The largest absolute Gasteiger partial charge is 0.465 e. The molecule has 0 saturated heterocycles. The van der Waals surface area contributed by atoms with Crippen molar-refractivity contribution >= 4 is 11.8 Å². The highest BCUT2D eigenvalue weighted by Gasteiger charge is 2.16. The molecule has 1 heterocycles. The van der Waals surface area contributed by atoms with Crippen molar-refractivity contribution in [3.63, 3.8) is 0 Å². The first-order valence-corrected chi connectivity index (χ1v) is 5.30. The number of ether oxygens (including phenoxy) is 2. The van der Waals surface area contributed by atoms with Gasteiger partial charge in [-0.25, -0.2) is 14.8 Å². The zero-order valence-corrected chi connectivity index (χ0v) is 10.3. The van der Waals surface area contributed by atoms with Gasteiger partial charge in [0, 0.05) is 20.1 Å². The summed E-state index contributed by atoms with van der Waals surface area (Å²) >= 11 is 0. The van der Waals surface area contributed by atoms with Crippen LogP contribution in [0.25, 0.3) is 0 Å². The van der Waals surface area contributed by atoms with Crippen molar-refractivity contribution in [3.05, 3.63) is 17.1 Å². The number of aryl methyl sites for hydroxylation is 2. The molecule has 0 spiro atoms. The number of esters is 1. The number of methoxy groups -OCH3 is 2. The van der Waals surface area contributed by atoms with Crippen LogP contribution in [0.4, 0.5) is 5.82 Å². The summed E-state index contributed by atoms with van der Waals surface area (Å²) in [5, 5.41) is 0. The number of nitrogens with two attached hydrogens (primary N) is 1. The number of hydrogen-bond donors (Lipinski definition) is 1. The highest BCUT2D eigenvalue weighted by atomic mass is 16.5. The lowest BCUT2D eigenvalue weighted by Gasteiger charge is -2.08. The Labute approximate surface area is 100 Å². The van der Waals surface area contributed by atoms with Gasteiger partial charge in [0.2, 0.25) is 0 Å². The van der Waals surface area contributed by atoms with Crippen molar-refractivity contribution in [1.82, 2.24) is 9.97 Å². The minimum Gasteiger partial charge on any atom is -0.465 e. The van der Waals surface area contributed by atoms with E-state index in [1.165, 1.54) is 7.11 Å². The van der Waals surface area contributed by atoms with Gasteiger partial charge < -0.3 is 15.2 Å². The SMILES string of the molecule is COCCCc1nc(C)c(C(=O)OC)c(N)n1. The Morgan fingerprint density at radius 2 is 2.06 bits per heavy atom. The number of aromatic nitrogens is 2. The van der Waals surface area contributed by atoms with Gasteiger partial charge in [-0.15, -0.1) is 0 Å². The summed E-state index contributed by atoms with van der Waals surface area (Å²) in [6, 6.07) is 0. The summed E-state index contributed by atoms with van der Waals surface area (Å²) in [6.07, 6.45) is 1.48. The fraction of sp³-hybridized carbons (Fsp3) is 0.545. The molecule has 0 unspecified atom stereocenters. The average molecular weight is 239 g/mol. The Kier molecular flexibility index (Phi) is 4.84. The van der Waals surface area contributed by atoms with E-state index in [4.69, 9.17) is 10.5 Å². The Hall–Kier alpha value is -1.69. The molecule has 0 aliphatic heterocycles. The number of nitrogen functional groups attached to an aromatic ring is 1. The highest BCUT2D eigenvalue weighted by Crippen LogP contribution is 2.14. The smallest absolute Gasteiger partial charge is 0.343 e. The lowest BCUT2D eigenvalue weighted by atomic mass is 10.2. The molecule has 0 aliphatic carbocycles. The minimum atomic E-state index is -0.511.